The molecule has 0 N–H and O–H groups in total. The minimum Gasteiger partial charge on any atom is -0.469 e. The van der Waals surface area contributed by atoms with Gasteiger partial charge in [0.05, 0.1) is 20.1 Å². The summed E-state index contributed by atoms with van der Waals surface area (Å²) in [5.74, 6) is -3.36. The monoisotopic (exact) mass is 260 g/mol. The highest BCUT2D eigenvalue weighted by Crippen LogP contribution is 2.48. The summed E-state index contributed by atoms with van der Waals surface area (Å²) in [6.45, 7) is 4.39. The maximum absolute atomic E-state index is 11.8. The van der Waals surface area contributed by atoms with Gasteiger partial charge in [0.15, 0.2) is 5.79 Å². The molecule has 0 aliphatic heterocycles. The van der Waals surface area contributed by atoms with Crippen molar-refractivity contribution < 1.29 is 28.5 Å². The Hall–Kier alpha value is -1.14. The first-order valence-electron chi connectivity index (χ1n) is 5.99. The van der Waals surface area contributed by atoms with Crippen molar-refractivity contribution >= 4 is 11.9 Å². The molecule has 0 amide bonds. The molecule has 6 heteroatoms. The van der Waals surface area contributed by atoms with E-state index in [9.17, 15) is 9.59 Å². The van der Waals surface area contributed by atoms with E-state index in [1.807, 2.05) is 0 Å². The zero-order valence-corrected chi connectivity index (χ0v) is 11.2. The molecule has 0 saturated heterocycles. The lowest BCUT2D eigenvalue weighted by Gasteiger charge is -2.50. The van der Waals surface area contributed by atoms with Crippen molar-refractivity contribution in [3.05, 3.63) is 0 Å². The second-order valence-electron chi connectivity index (χ2n) is 4.01. The molecule has 1 aliphatic rings. The zero-order valence-electron chi connectivity index (χ0n) is 11.2. The molecule has 0 aromatic carbocycles. The Morgan fingerprint density at radius 3 is 1.94 bits per heavy atom. The maximum Gasteiger partial charge on any atom is 0.315 e. The molecule has 1 saturated carbocycles. The van der Waals surface area contributed by atoms with Crippen LogP contribution in [0.1, 0.15) is 20.3 Å². The Labute approximate surface area is 107 Å². The van der Waals surface area contributed by atoms with Crippen LogP contribution in [0, 0.1) is 11.8 Å². The second-order valence-corrected chi connectivity index (χ2v) is 4.01. The quantitative estimate of drug-likeness (QED) is 0.518. The number of rotatable bonds is 6. The molecule has 0 aromatic rings. The topological polar surface area (TPSA) is 71.1 Å². The average Bonchev–Trinajstić information content (AvgIpc) is 2.35. The van der Waals surface area contributed by atoms with E-state index in [2.05, 4.69) is 4.74 Å². The lowest BCUT2D eigenvalue weighted by Crippen LogP contribution is -2.63. The van der Waals surface area contributed by atoms with Crippen LogP contribution in [0.4, 0.5) is 0 Å². The summed E-state index contributed by atoms with van der Waals surface area (Å²) in [5, 5.41) is 0. The molecule has 0 radical (unpaired) electrons. The van der Waals surface area contributed by atoms with Crippen molar-refractivity contribution in [1.29, 1.82) is 0 Å². The van der Waals surface area contributed by atoms with Crippen LogP contribution in [0.25, 0.3) is 0 Å². The van der Waals surface area contributed by atoms with E-state index in [1.165, 1.54) is 14.2 Å². The fourth-order valence-electron chi connectivity index (χ4n) is 2.37. The highest BCUT2D eigenvalue weighted by Gasteiger charge is 2.63. The summed E-state index contributed by atoms with van der Waals surface area (Å²) < 4.78 is 20.5. The van der Waals surface area contributed by atoms with E-state index >= 15 is 0 Å². The van der Waals surface area contributed by atoms with Gasteiger partial charge in [-0.25, -0.2) is 0 Å². The van der Waals surface area contributed by atoms with Gasteiger partial charge >= 0.3 is 11.9 Å². The fraction of sp³-hybridized carbons (Fsp3) is 0.833. The molecular weight excluding hydrogens is 240 g/mol. The number of ether oxygens (including phenoxy) is 4. The lowest BCUT2D eigenvalue weighted by atomic mass is 9.67. The van der Waals surface area contributed by atoms with Crippen molar-refractivity contribution in [2.75, 3.05) is 27.4 Å². The van der Waals surface area contributed by atoms with Gasteiger partial charge in [0.25, 0.3) is 0 Å². The number of carbonyl (C=O) groups excluding carboxylic acids is 2. The van der Waals surface area contributed by atoms with Crippen LogP contribution >= 0.6 is 0 Å². The van der Waals surface area contributed by atoms with Gasteiger partial charge in [-0.3, -0.25) is 9.59 Å². The van der Waals surface area contributed by atoms with Gasteiger partial charge < -0.3 is 18.9 Å². The second kappa shape index (κ2) is 6.15. The van der Waals surface area contributed by atoms with E-state index in [0.29, 0.717) is 19.6 Å². The third kappa shape index (κ3) is 2.49. The van der Waals surface area contributed by atoms with Crippen LogP contribution in [-0.2, 0) is 28.5 Å². The van der Waals surface area contributed by atoms with E-state index in [0.717, 1.165) is 0 Å². The van der Waals surface area contributed by atoms with Crippen LogP contribution < -0.4 is 0 Å². The number of methoxy groups -OCH3 is 2. The van der Waals surface area contributed by atoms with Gasteiger partial charge in [0.1, 0.15) is 5.92 Å². The van der Waals surface area contributed by atoms with Crippen LogP contribution in [0.5, 0.6) is 0 Å². The SMILES string of the molecule is CCOC1(OCC)C[C@H](C(=O)OC)[C@H]1C(=O)OC. The predicted octanol–water partition coefficient (Wildman–Crippen LogP) is 0.738. The highest BCUT2D eigenvalue weighted by atomic mass is 16.7. The van der Waals surface area contributed by atoms with Crippen molar-refractivity contribution in [1.82, 2.24) is 0 Å². The third-order valence-electron chi connectivity index (χ3n) is 3.12. The maximum atomic E-state index is 11.8. The molecule has 2 atom stereocenters. The van der Waals surface area contributed by atoms with Crippen LogP contribution in [0.2, 0.25) is 0 Å². The Balaban J connectivity index is 2.92. The largest absolute Gasteiger partial charge is 0.469 e. The van der Waals surface area contributed by atoms with E-state index in [-0.39, 0.29) is 0 Å². The first-order chi connectivity index (χ1) is 8.56. The highest BCUT2D eigenvalue weighted by molar-refractivity contribution is 5.85. The number of hydrogen-bond donors (Lipinski definition) is 0. The number of hydrogen-bond acceptors (Lipinski definition) is 6. The van der Waals surface area contributed by atoms with Crippen LogP contribution in [0.3, 0.4) is 0 Å². The molecule has 6 nitrogen and oxygen atoms in total. The Morgan fingerprint density at radius 2 is 1.56 bits per heavy atom. The first kappa shape index (κ1) is 14.9. The Bertz CT molecular complexity index is 308. The summed E-state index contributed by atoms with van der Waals surface area (Å²) in [5.41, 5.74) is 0. The molecular formula is C12H20O6. The molecule has 1 fully saturated rings. The number of esters is 2. The normalized spacial score (nSPS) is 25.1. The van der Waals surface area contributed by atoms with Gasteiger partial charge in [-0.1, -0.05) is 0 Å². The van der Waals surface area contributed by atoms with Crippen LogP contribution in [0.15, 0.2) is 0 Å². The predicted molar refractivity (Wildman–Crippen MR) is 61.6 cm³/mol. The minimum atomic E-state index is -1.06. The van der Waals surface area contributed by atoms with Gasteiger partial charge in [0, 0.05) is 19.6 Å². The summed E-state index contributed by atoms with van der Waals surface area (Å²) in [6.07, 6.45) is 0.307. The van der Waals surface area contributed by atoms with Crippen molar-refractivity contribution in [3.63, 3.8) is 0 Å². The van der Waals surface area contributed by atoms with Crippen molar-refractivity contribution in [3.8, 4) is 0 Å². The Kier molecular flexibility index (Phi) is 5.10. The molecule has 0 bridgehead atoms. The minimum absolute atomic E-state index is 0.307. The molecule has 104 valence electrons. The molecule has 0 heterocycles. The smallest absolute Gasteiger partial charge is 0.315 e. The summed E-state index contributed by atoms with van der Waals surface area (Å²) in [4.78, 5) is 23.4. The van der Waals surface area contributed by atoms with E-state index in [4.69, 9.17) is 14.2 Å². The summed E-state index contributed by atoms with van der Waals surface area (Å²) in [7, 11) is 2.57. The van der Waals surface area contributed by atoms with Crippen molar-refractivity contribution in [2.24, 2.45) is 11.8 Å². The number of carbonyl (C=O) groups is 2. The molecule has 1 aliphatic carbocycles. The first-order valence-corrected chi connectivity index (χ1v) is 5.99. The van der Waals surface area contributed by atoms with E-state index in [1.54, 1.807) is 13.8 Å². The molecule has 0 unspecified atom stereocenters. The third-order valence-corrected chi connectivity index (χ3v) is 3.12. The van der Waals surface area contributed by atoms with Gasteiger partial charge in [-0.05, 0) is 13.8 Å². The molecule has 1 rings (SSSR count). The lowest BCUT2D eigenvalue weighted by molar-refractivity contribution is -0.321. The average molecular weight is 260 g/mol. The van der Waals surface area contributed by atoms with E-state index < -0.39 is 29.6 Å². The standard InChI is InChI=1S/C12H20O6/c1-5-17-12(18-6-2)7-8(10(13)15-3)9(12)11(14)16-4/h8-9H,5-7H2,1-4H3/t8-,9-/m0/s1. The molecule has 0 aromatic heterocycles. The Morgan fingerprint density at radius 1 is 1.06 bits per heavy atom. The van der Waals surface area contributed by atoms with Crippen molar-refractivity contribution in [2.45, 2.75) is 26.1 Å². The van der Waals surface area contributed by atoms with Gasteiger partial charge in [0.2, 0.25) is 0 Å². The summed E-state index contributed by atoms with van der Waals surface area (Å²) in [6, 6.07) is 0. The summed E-state index contributed by atoms with van der Waals surface area (Å²) >= 11 is 0. The van der Waals surface area contributed by atoms with Crippen LogP contribution in [-0.4, -0.2) is 45.2 Å². The fourth-order valence-corrected chi connectivity index (χ4v) is 2.37. The van der Waals surface area contributed by atoms with Gasteiger partial charge in [-0.2, -0.15) is 0 Å². The zero-order chi connectivity index (χ0) is 13.8. The molecule has 0 spiro atoms. The molecule has 18 heavy (non-hydrogen) atoms. The van der Waals surface area contributed by atoms with Gasteiger partial charge in [-0.15, -0.1) is 0 Å².